The van der Waals surface area contributed by atoms with Gasteiger partial charge in [0.1, 0.15) is 11.1 Å². The number of carbonyl (C=O) groups excluding carboxylic acids is 1. The minimum atomic E-state index is -0.648. The average Bonchev–Trinajstić information content (AvgIpc) is 2.58. The van der Waals surface area contributed by atoms with E-state index in [1.165, 1.54) is 0 Å². The van der Waals surface area contributed by atoms with Gasteiger partial charge in [-0.25, -0.2) is 4.79 Å². The van der Waals surface area contributed by atoms with Gasteiger partial charge in [0, 0.05) is 11.1 Å². The highest BCUT2D eigenvalue weighted by Gasteiger charge is 2.15. The van der Waals surface area contributed by atoms with Crippen LogP contribution in [0.15, 0.2) is 64.3 Å². The van der Waals surface area contributed by atoms with Crippen molar-refractivity contribution < 1.29 is 9.21 Å². The zero-order valence-corrected chi connectivity index (χ0v) is 14.3. The number of anilines is 1. The van der Waals surface area contributed by atoms with E-state index in [2.05, 4.69) is 11.9 Å². The summed E-state index contributed by atoms with van der Waals surface area (Å²) >= 11 is 0. The van der Waals surface area contributed by atoms with E-state index in [4.69, 9.17) is 4.42 Å². The predicted octanol–water partition coefficient (Wildman–Crippen LogP) is 4.39. The number of allylic oxidation sites excluding steroid dienone is 1. The minimum absolute atomic E-state index is 0.0125. The Hall–Kier alpha value is -3.14. The lowest BCUT2D eigenvalue weighted by atomic mass is 10.1. The first-order valence-corrected chi connectivity index (χ1v) is 8.05. The van der Waals surface area contributed by atoms with Crippen LogP contribution < -0.4 is 10.9 Å². The molecule has 0 fully saturated rings. The SMILES string of the molecule is C=CCc1cccc2cc(C(=O)Nc3ccc(C)c(C)c3)c(=O)oc12. The number of amides is 1. The van der Waals surface area contributed by atoms with Crippen molar-refractivity contribution in [2.24, 2.45) is 0 Å². The zero-order valence-electron chi connectivity index (χ0n) is 14.3. The van der Waals surface area contributed by atoms with Crippen molar-refractivity contribution in [3.63, 3.8) is 0 Å². The normalized spacial score (nSPS) is 10.6. The summed E-state index contributed by atoms with van der Waals surface area (Å²) in [5.41, 5.74) is 3.55. The standard InChI is InChI=1S/C21H19NO3/c1-4-6-15-7-5-8-16-12-18(21(24)25-19(15)16)20(23)22-17-10-9-13(2)14(3)11-17/h4-5,7-12H,1,6H2,2-3H3,(H,22,23). The van der Waals surface area contributed by atoms with E-state index in [1.54, 1.807) is 12.1 Å². The van der Waals surface area contributed by atoms with Crippen molar-refractivity contribution in [1.82, 2.24) is 0 Å². The van der Waals surface area contributed by atoms with E-state index in [1.807, 2.05) is 50.2 Å². The third kappa shape index (κ3) is 3.38. The molecule has 0 unspecified atom stereocenters. The predicted molar refractivity (Wildman–Crippen MR) is 100 cm³/mol. The molecule has 126 valence electrons. The number of carbonyl (C=O) groups is 1. The lowest BCUT2D eigenvalue weighted by molar-refractivity contribution is 0.102. The average molecular weight is 333 g/mol. The van der Waals surface area contributed by atoms with E-state index >= 15 is 0 Å². The first-order chi connectivity index (χ1) is 12.0. The van der Waals surface area contributed by atoms with Crippen molar-refractivity contribution in [3.8, 4) is 0 Å². The van der Waals surface area contributed by atoms with Crippen LogP contribution in [0.3, 0.4) is 0 Å². The number of benzene rings is 2. The van der Waals surface area contributed by atoms with E-state index in [0.717, 1.165) is 16.7 Å². The Kier molecular flexibility index (Phi) is 4.52. The summed E-state index contributed by atoms with van der Waals surface area (Å²) in [5, 5.41) is 3.47. The molecule has 2 aromatic carbocycles. The van der Waals surface area contributed by atoms with Crippen molar-refractivity contribution in [3.05, 3.63) is 87.8 Å². The number of para-hydroxylation sites is 1. The van der Waals surface area contributed by atoms with Gasteiger partial charge in [-0.15, -0.1) is 6.58 Å². The summed E-state index contributed by atoms with van der Waals surface area (Å²) in [4.78, 5) is 24.8. The Labute approximate surface area is 145 Å². The molecule has 0 aliphatic rings. The smallest absolute Gasteiger partial charge is 0.349 e. The number of nitrogens with one attached hydrogen (secondary N) is 1. The summed E-state index contributed by atoms with van der Waals surface area (Å²) in [6, 6.07) is 12.7. The van der Waals surface area contributed by atoms with E-state index in [9.17, 15) is 9.59 Å². The number of aryl methyl sites for hydroxylation is 2. The number of fused-ring (bicyclic) bond motifs is 1. The second kappa shape index (κ2) is 6.77. The Morgan fingerprint density at radius 1 is 1.16 bits per heavy atom. The molecule has 1 aromatic heterocycles. The molecule has 0 bridgehead atoms. The Morgan fingerprint density at radius 2 is 1.96 bits per heavy atom. The highest BCUT2D eigenvalue weighted by Crippen LogP contribution is 2.20. The fourth-order valence-corrected chi connectivity index (χ4v) is 2.70. The van der Waals surface area contributed by atoms with Crippen molar-refractivity contribution in [2.75, 3.05) is 5.32 Å². The van der Waals surface area contributed by atoms with Crippen LogP contribution in [0.5, 0.6) is 0 Å². The maximum atomic E-state index is 12.5. The second-order valence-corrected chi connectivity index (χ2v) is 6.03. The van der Waals surface area contributed by atoms with Gasteiger partial charge in [-0.1, -0.05) is 30.3 Å². The molecule has 3 rings (SSSR count). The number of hydrogen-bond acceptors (Lipinski definition) is 3. The molecule has 0 saturated carbocycles. The fourth-order valence-electron chi connectivity index (χ4n) is 2.70. The van der Waals surface area contributed by atoms with Gasteiger partial charge >= 0.3 is 5.63 Å². The second-order valence-electron chi connectivity index (χ2n) is 6.03. The Morgan fingerprint density at radius 3 is 2.68 bits per heavy atom. The minimum Gasteiger partial charge on any atom is -0.422 e. The monoisotopic (exact) mass is 333 g/mol. The highest BCUT2D eigenvalue weighted by atomic mass is 16.4. The number of hydrogen-bond donors (Lipinski definition) is 1. The van der Waals surface area contributed by atoms with Crippen LogP contribution >= 0.6 is 0 Å². The maximum Gasteiger partial charge on any atom is 0.349 e. The zero-order chi connectivity index (χ0) is 18.0. The van der Waals surface area contributed by atoms with E-state index in [0.29, 0.717) is 23.1 Å². The van der Waals surface area contributed by atoms with Crippen LogP contribution in [-0.2, 0) is 6.42 Å². The molecule has 25 heavy (non-hydrogen) atoms. The quantitative estimate of drug-likeness (QED) is 0.569. The first-order valence-electron chi connectivity index (χ1n) is 8.05. The summed E-state index contributed by atoms with van der Waals surface area (Å²) in [6.45, 7) is 7.68. The number of rotatable bonds is 4. The van der Waals surface area contributed by atoms with Gasteiger partial charge in [-0.05, 0) is 55.2 Å². The van der Waals surface area contributed by atoms with Crippen LogP contribution in [0.25, 0.3) is 11.0 Å². The molecule has 0 spiro atoms. The molecule has 0 aliphatic heterocycles. The third-order valence-electron chi connectivity index (χ3n) is 4.22. The molecule has 4 heteroatoms. The summed E-state index contributed by atoms with van der Waals surface area (Å²) in [6.07, 6.45) is 2.34. The van der Waals surface area contributed by atoms with Crippen LogP contribution in [0.1, 0.15) is 27.0 Å². The van der Waals surface area contributed by atoms with Gasteiger partial charge in [0.2, 0.25) is 0 Å². The lowest BCUT2D eigenvalue weighted by Crippen LogP contribution is -2.20. The third-order valence-corrected chi connectivity index (χ3v) is 4.22. The van der Waals surface area contributed by atoms with E-state index in [-0.39, 0.29) is 5.56 Å². The van der Waals surface area contributed by atoms with Gasteiger partial charge in [-0.2, -0.15) is 0 Å². The lowest BCUT2D eigenvalue weighted by Gasteiger charge is -2.08. The van der Waals surface area contributed by atoms with Crippen molar-refractivity contribution in [2.45, 2.75) is 20.3 Å². The molecular formula is C21H19NO3. The van der Waals surface area contributed by atoms with Crippen LogP contribution in [-0.4, -0.2) is 5.91 Å². The topological polar surface area (TPSA) is 59.3 Å². The van der Waals surface area contributed by atoms with Gasteiger partial charge in [0.05, 0.1) is 0 Å². The fraction of sp³-hybridized carbons (Fsp3) is 0.143. The molecule has 1 amide bonds. The summed E-state index contributed by atoms with van der Waals surface area (Å²) in [7, 11) is 0. The molecule has 0 radical (unpaired) electrons. The van der Waals surface area contributed by atoms with Gasteiger partial charge < -0.3 is 9.73 Å². The molecule has 1 heterocycles. The van der Waals surface area contributed by atoms with Gasteiger partial charge in [0.25, 0.3) is 5.91 Å². The van der Waals surface area contributed by atoms with Gasteiger partial charge in [-0.3, -0.25) is 4.79 Å². The summed E-state index contributed by atoms with van der Waals surface area (Å²) < 4.78 is 5.41. The molecule has 3 aromatic rings. The molecular weight excluding hydrogens is 314 g/mol. The molecule has 0 atom stereocenters. The van der Waals surface area contributed by atoms with Crippen molar-refractivity contribution >= 4 is 22.6 Å². The Bertz CT molecular complexity index is 1030. The van der Waals surface area contributed by atoms with Crippen LogP contribution in [0.4, 0.5) is 5.69 Å². The van der Waals surface area contributed by atoms with Crippen molar-refractivity contribution in [1.29, 1.82) is 0 Å². The van der Waals surface area contributed by atoms with Crippen LogP contribution in [0, 0.1) is 13.8 Å². The molecule has 1 N–H and O–H groups in total. The summed E-state index contributed by atoms with van der Waals surface area (Å²) in [5.74, 6) is -0.479. The molecule has 0 aliphatic carbocycles. The van der Waals surface area contributed by atoms with Gasteiger partial charge in [0.15, 0.2) is 0 Å². The van der Waals surface area contributed by atoms with Crippen LogP contribution in [0.2, 0.25) is 0 Å². The molecule has 0 saturated heterocycles. The highest BCUT2D eigenvalue weighted by molar-refractivity contribution is 6.05. The first kappa shape index (κ1) is 16.7. The molecule has 4 nitrogen and oxygen atoms in total. The maximum absolute atomic E-state index is 12.5. The Balaban J connectivity index is 1.99. The largest absolute Gasteiger partial charge is 0.422 e. The van der Waals surface area contributed by atoms with E-state index < -0.39 is 11.5 Å².